The minimum atomic E-state index is 0. The summed E-state index contributed by atoms with van der Waals surface area (Å²) in [6.45, 7) is 4.88. The van der Waals surface area contributed by atoms with Crippen molar-refractivity contribution < 1.29 is 4.74 Å². The Morgan fingerprint density at radius 1 is 1.28 bits per heavy atom. The van der Waals surface area contributed by atoms with Crippen LogP contribution in [0.5, 0.6) is 5.75 Å². The second-order valence-corrected chi connectivity index (χ2v) is 5.13. The van der Waals surface area contributed by atoms with Crippen molar-refractivity contribution >= 4 is 28.3 Å². The Morgan fingerprint density at radius 3 is 2.61 bits per heavy atom. The number of rotatable bonds is 7. The van der Waals surface area contributed by atoms with E-state index in [1.807, 2.05) is 19.1 Å². The van der Waals surface area contributed by atoms with E-state index in [-0.39, 0.29) is 18.4 Å². The average molecular weight is 337 g/mol. The first-order valence-corrected chi connectivity index (χ1v) is 7.16. The predicted molar refractivity (Wildman–Crippen MR) is 83.6 cm³/mol. The number of halogens is 2. The molecule has 1 aromatic carbocycles. The standard InChI is InChI=1S/C14H22BrNO.ClH/c1-3-5-6-7-13(16)12-10-11(15)8-9-14(12)17-4-2;/h8-10,13H,3-7,16H2,1-2H3;1H/t13-;/m0./s1. The van der Waals surface area contributed by atoms with Crippen LogP contribution >= 0.6 is 28.3 Å². The first kappa shape index (κ1) is 17.8. The minimum Gasteiger partial charge on any atom is -0.494 e. The molecule has 0 aliphatic rings. The molecule has 0 fully saturated rings. The van der Waals surface area contributed by atoms with Crippen LogP contribution in [0.25, 0.3) is 0 Å². The van der Waals surface area contributed by atoms with Gasteiger partial charge in [-0.25, -0.2) is 0 Å². The van der Waals surface area contributed by atoms with Crippen molar-refractivity contribution in [2.45, 2.75) is 45.6 Å². The van der Waals surface area contributed by atoms with Gasteiger partial charge in [0.05, 0.1) is 6.61 Å². The number of nitrogens with two attached hydrogens (primary N) is 1. The molecule has 2 N–H and O–H groups in total. The van der Waals surface area contributed by atoms with Crippen molar-refractivity contribution in [2.24, 2.45) is 5.73 Å². The Labute approximate surface area is 125 Å². The number of ether oxygens (including phenoxy) is 1. The third-order valence-electron chi connectivity index (χ3n) is 2.79. The molecule has 18 heavy (non-hydrogen) atoms. The third kappa shape index (κ3) is 5.59. The molecular formula is C14H23BrClNO. The van der Waals surface area contributed by atoms with Gasteiger partial charge in [-0.05, 0) is 31.5 Å². The van der Waals surface area contributed by atoms with Gasteiger partial charge in [-0.15, -0.1) is 12.4 Å². The molecule has 0 saturated carbocycles. The van der Waals surface area contributed by atoms with Gasteiger partial charge >= 0.3 is 0 Å². The smallest absolute Gasteiger partial charge is 0.124 e. The zero-order valence-electron chi connectivity index (χ0n) is 11.1. The summed E-state index contributed by atoms with van der Waals surface area (Å²) in [7, 11) is 0. The van der Waals surface area contributed by atoms with E-state index in [1.54, 1.807) is 0 Å². The summed E-state index contributed by atoms with van der Waals surface area (Å²) in [5.41, 5.74) is 7.34. The molecule has 0 bridgehead atoms. The Bertz CT molecular complexity index is 347. The molecule has 2 nitrogen and oxygen atoms in total. The molecule has 1 aromatic rings. The van der Waals surface area contributed by atoms with E-state index in [9.17, 15) is 0 Å². The fourth-order valence-corrected chi connectivity index (χ4v) is 2.24. The fraction of sp³-hybridized carbons (Fsp3) is 0.571. The highest BCUT2D eigenvalue weighted by atomic mass is 79.9. The van der Waals surface area contributed by atoms with Crippen LogP contribution in [0, 0.1) is 0 Å². The highest BCUT2D eigenvalue weighted by Gasteiger charge is 2.12. The first-order valence-electron chi connectivity index (χ1n) is 6.36. The summed E-state index contributed by atoms with van der Waals surface area (Å²) in [6, 6.07) is 6.12. The zero-order valence-corrected chi connectivity index (χ0v) is 13.5. The maximum absolute atomic E-state index is 6.23. The Kier molecular flexibility index (Phi) is 9.52. The molecule has 0 amide bonds. The van der Waals surface area contributed by atoms with E-state index in [0.717, 1.165) is 22.2 Å². The molecule has 0 aliphatic heterocycles. The molecule has 0 unspecified atom stereocenters. The first-order chi connectivity index (χ1) is 8.19. The average Bonchev–Trinajstić information content (AvgIpc) is 2.32. The summed E-state index contributed by atoms with van der Waals surface area (Å²) < 4.78 is 6.68. The molecule has 0 heterocycles. The molecule has 0 spiro atoms. The lowest BCUT2D eigenvalue weighted by Crippen LogP contribution is -2.12. The molecule has 1 atom stereocenters. The van der Waals surface area contributed by atoms with E-state index >= 15 is 0 Å². The zero-order chi connectivity index (χ0) is 12.7. The molecule has 0 aromatic heterocycles. The predicted octanol–water partition coefficient (Wildman–Crippen LogP) is 4.85. The third-order valence-corrected chi connectivity index (χ3v) is 3.28. The van der Waals surface area contributed by atoms with Gasteiger partial charge in [-0.3, -0.25) is 0 Å². The molecule has 0 aliphatic carbocycles. The van der Waals surface area contributed by atoms with Crippen LogP contribution in [-0.4, -0.2) is 6.61 Å². The fourth-order valence-electron chi connectivity index (χ4n) is 1.87. The van der Waals surface area contributed by atoms with Crippen molar-refractivity contribution in [3.63, 3.8) is 0 Å². The molecule has 1 rings (SSSR count). The van der Waals surface area contributed by atoms with Gasteiger partial charge in [-0.2, -0.15) is 0 Å². The van der Waals surface area contributed by atoms with Crippen molar-refractivity contribution in [2.75, 3.05) is 6.61 Å². The SMILES string of the molecule is CCCCC[C@H](N)c1cc(Br)ccc1OCC.Cl. The second kappa shape index (κ2) is 9.65. The minimum absolute atomic E-state index is 0. The number of unbranched alkanes of at least 4 members (excludes halogenated alkanes) is 2. The van der Waals surface area contributed by atoms with Gasteiger partial charge in [0.2, 0.25) is 0 Å². The normalized spacial score (nSPS) is 11.8. The summed E-state index contributed by atoms with van der Waals surface area (Å²) in [4.78, 5) is 0. The molecule has 4 heteroatoms. The van der Waals surface area contributed by atoms with Crippen molar-refractivity contribution in [1.29, 1.82) is 0 Å². The Balaban J connectivity index is 0.00000289. The van der Waals surface area contributed by atoms with E-state index in [2.05, 4.69) is 28.9 Å². The van der Waals surface area contributed by atoms with Crippen LogP contribution in [-0.2, 0) is 0 Å². The summed E-state index contributed by atoms with van der Waals surface area (Å²) in [6.07, 6.45) is 4.66. The second-order valence-electron chi connectivity index (χ2n) is 4.22. The maximum atomic E-state index is 6.23. The largest absolute Gasteiger partial charge is 0.494 e. The van der Waals surface area contributed by atoms with Gasteiger partial charge < -0.3 is 10.5 Å². The van der Waals surface area contributed by atoms with Crippen LogP contribution < -0.4 is 10.5 Å². The van der Waals surface area contributed by atoms with Crippen LogP contribution in [0.1, 0.15) is 51.1 Å². The molecular weight excluding hydrogens is 314 g/mol. The van der Waals surface area contributed by atoms with E-state index < -0.39 is 0 Å². The molecule has 104 valence electrons. The van der Waals surface area contributed by atoms with Gasteiger partial charge in [0.15, 0.2) is 0 Å². The van der Waals surface area contributed by atoms with Crippen LogP contribution in [0.3, 0.4) is 0 Å². The Morgan fingerprint density at radius 2 is 2.00 bits per heavy atom. The number of hydrogen-bond acceptors (Lipinski definition) is 2. The Hall–Kier alpha value is -0.250. The monoisotopic (exact) mass is 335 g/mol. The molecule has 0 radical (unpaired) electrons. The van der Waals surface area contributed by atoms with E-state index in [1.165, 1.54) is 19.3 Å². The van der Waals surface area contributed by atoms with Gasteiger partial charge in [0, 0.05) is 16.1 Å². The number of benzene rings is 1. The lowest BCUT2D eigenvalue weighted by atomic mass is 10.0. The van der Waals surface area contributed by atoms with Crippen LogP contribution in [0.4, 0.5) is 0 Å². The van der Waals surface area contributed by atoms with Gasteiger partial charge in [0.1, 0.15) is 5.75 Å². The van der Waals surface area contributed by atoms with Crippen molar-refractivity contribution in [3.05, 3.63) is 28.2 Å². The van der Waals surface area contributed by atoms with Gasteiger partial charge in [0.25, 0.3) is 0 Å². The number of hydrogen-bond donors (Lipinski definition) is 1. The lowest BCUT2D eigenvalue weighted by molar-refractivity contribution is 0.333. The van der Waals surface area contributed by atoms with E-state index in [0.29, 0.717) is 6.61 Å². The maximum Gasteiger partial charge on any atom is 0.124 e. The highest BCUT2D eigenvalue weighted by Crippen LogP contribution is 2.30. The summed E-state index contributed by atoms with van der Waals surface area (Å²) in [5.74, 6) is 0.916. The summed E-state index contributed by atoms with van der Waals surface area (Å²) in [5, 5.41) is 0. The van der Waals surface area contributed by atoms with Crippen molar-refractivity contribution in [3.8, 4) is 5.75 Å². The van der Waals surface area contributed by atoms with Crippen LogP contribution in [0.2, 0.25) is 0 Å². The van der Waals surface area contributed by atoms with Gasteiger partial charge in [-0.1, -0.05) is 42.1 Å². The van der Waals surface area contributed by atoms with E-state index in [4.69, 9.17) is 10.5 Å². The van der Waals surface area contributed by atoms with Crippen LogP contribution in [0.15, 0.2) is 22.7 Å². The van der Waals surface area contributed by atoms with Crippen molar-refractivity contribution in [1.82, 2.24) is 0 Å². The topological polar surface area (TPSA) is 35.2 Å². The molecule has 0 saturated heterocycles. The highest BCUT2D eigenvalue weighted by molar-refractivity contribution is 9.10. The summed E-state index contributed by atoms with van der Waals surface area (Å²) >= 11 is 3.49. The lowest BCUT2D eigenvalue weighted by Gasteiger charge is -2.17. The quantitative estimate of drug-likeness (QED) is 0.722.